The molecule has 0 saturated carbocycles. The van der Waals surface area contributed by atoms with Gasteiger partial charge in [-0.15, -0.1) is 0 Å². The average Bonchev–Trinajstić information content (AvgIpc) is 2.68. The van der Waals surface area contributed by atoms with Crippen molar-refractivity contribution in [1.29, 1.82) is 0 Å². The molecule has 1 aliphatic rings. The number of carbonyl (C=O) groups is 1. The average molecular weight is 500 g/mol. The summed E-state index contributed by atoms with van der Waals surface area (Å²) < 4.78 is 50.6. The van der Waals surface area contributed by atoms with E-state index in [1.165, 1.54) is 36.9 Å². The van der Waals surface area contributed by atoms with E-state index in [2.05, 4.69) is 20.0 Å². The highest BCUT2D eigenvalue weighted by atomic mass is 32.3. The molecule has 3 heterocycles. The Morgan fingerprint density at radius 2 is 1.97 bits per heavy atom. The van der Waals surface area contributed by atoms with Crippen LogP contribution in [-0.4, -0.2) is 47.5 Å². The smallest absolute Gasteiger partial charge is 0.387 e. The van der Waals surface area contributed by atoms with Crippen LogP contribution >= 0.6 is 10.6 Å². The molecule has 0 aliphatic carbocycles. The fraction of sp³-hybridized carbons (Fsp3) is 0.429. The van der Waals surface area contributed by atoms with Gasteiger partial charge in [0.15, 0.2) is 0 Å². The van der Waals surface area contributed by atoms with Gasteiger partial charge in [-0.25, -0.2) is 4.98 Å². The minimum Gasteiger partial charge on any atom is -0.433 e. The Morgan fingerprint density at radius 1 is 1.32 bits per heavy atom. The number of ether oxygens (including phenoxy) is 1. The van der Waals surface area contributed by atoms with Crippen LogP contribution in [0.5, 0.6) is 5.75 Å². The lowest BCUT2D eigenvalue weighted by atomic mass is 9.94. The molecule has 1 amide bonds. The van der Waals surface area contributed by atoms with Crippen LogP contribution in [-0.2, 0) is 12.6 Å². The molecule has 1 unspecified atom stereocenters. The lowest BCUT2D eigenvalue weighted by Crippen LogP contribution is -2.53. The Kier molecular flexibility index (Phi) is 6.50. The maximum Gasteiger partial charge on any atom is 0.387 e. The number of aliphatic imine (C=N–C) groups is 1. The third-order valence-corrected chi connectivity index (χ3v) is 8.61. The number of carbonyl (C=O) groups excluding carboxylic acids is 1. The van der Waals surface area contributed by atoms with Gasteiger partial charge in [0, 0.05) is 18.8 Å². The molecule has 13 heteroatoms. The maximum absolute atomic E-state index is 12.9. The molecular formula is C21H27F2N5O5S. The van der Waals surface area contributed by atoms with E-state index in [0.29, 0.717) is 5.56 Å². The summed E-state index contributed by atoms with van der Waals surface area (Å²) >= 11 is 0. The van der Waals surface area contributed by atoms with Crippen molar-refractivity contribution in [2.24, 2.45) is 17.8 Å². The number of halogens is 2. The van der Waals surface area contributed by atoms with Crippen LogP contribution in [0.2, 0.25) is 0 Å². The molecule has 0 fully saturated rings. The van der Waals surface area contributed by atoms with E-state index >= 15 is 0 Å². The fourth-order valence-electron chi connectivity index (χ4n) is 3.62. The Morgan fingerprint density at radius 3 is 2.53 bits per heavy atom. The first kappa shape index (κ1) is 25.6. The lowest BCUT2D eigenvalue weighted by molar-refractivity contribution is -0.0501. The minimum atomic E-state index is -3.26. The molecular weight excluding hydrogens is 472 g/mol. The molecule has 2 aromatic rings. The van der Waals surface area contributed by atoms with E-state index in [4.69, 9.17) is 5.73 Å². The van der Waals surface area contributed by atoms with Gasteiger partial charge in [-0.3, -0.25) is 23.7 Å². The normalized spacial score (nSPS) is 22.1. The van der Waals surface area contributed by atoms with E-state index in [1.54, 1.807) is 20.8 Å². The number of aryl methyl sites for hydroxylation is 2. The van der Waals surface area contributed by atoms with Gasteiger partial charge in [-0.2, -0.15) is 19.4 Å². The molecule has 0 spiro atoms. The molecule has 0 aromatic carbocycles. The zero-order valence-electron chi connectivity index (χ0n) is 19.3. The molecule has 0 radical (unpaired) electrons. The van der Waals surface area contributed by atoms with Gasteiger partial charge in [0.25, 0.3) is 11.5 Å². The van der Waals surface area contributed by atoms with Crippen molar-refractivity contribution >= 4 is 28.0 Å². The van der Waals surface area contributed by atoms with Gasteiger partial charge >= 0.3 is 6.61 Å². The van der Waals surface area contributed by atoms with Crippen molar-refractivity contribution in [2.45, 2.75) is 44.6 Å². The number of alkyl halides is 2. The third kappa shape index (κ3) is 4.63. The second-order valence-electron chi connectivity index (χ2n) is 8.82. The Bertz CT molecular complexity index is 1230. The van der Waals surface area contributed by atoms with E-state index in [1.807, 2.05) is 0 Å². The lowest BCUT2D eigenvalue weighted by Gasteiger charge is -2.53. The summed E-state index contributed by atoms with van der Waals surface area (Å²) in [7, 11) is -1.78. The van der Waals surface area contributed by atoms with Crippen LogP contribution in [0.3, 0.4) is 0 Å². The summed E-state index contributed by atoms with van der Waals surface area (Å²) in [5, 5.41) is 2.62. The molecule has 3 rings (SSSR count). The predicted octanol–water partition coefficient (Wildman–Crippen LogP) is 3.06. The first-order chi connectivity index (χ1) is 15.6. The molecule has 1 atom stereocenters. The standard InChI is InChI=1S/C21H27F2N5O5S/c1-11-6-13(33-19(22)23)8-25-15(11)16(29)26-12-7-14(17(30)28(5)9-12)21(4)10-34(31,32)20(2,3)18(24)27-21/h6-9,19,31-32H,10H2,1-5H3,(H2,24,27)(H,26,29). The summed E-state index contributed by atoms with van der Waals surface area (Å²) in [5.74, 6) is -1.06. The molecule has 2 aromatic heterocycles. The van der Waals surface area contributed by atoms with E-state index < -0.39 is 39.0 Å². The quantitative estimate of drug-likeness (QED) is 0.493. The molecule has 0 bridgehead atoms. The van der Waals surface area contributed by atoms with Crippen molar-refractivity contribution in [3.8, 4) is 5.75 Å². The van der Waals surface area contributed by atoms with Crippen molar-refractivity contribution < 1.29 is 27.4 Å². The van der Waals surface area contributed by atoms with E-state index in [0.717, 1.165) is 6.20 Å². The predicted molar refractivity (Wildman–Crippen MR) is 126 cm³/mol. The minimum absolute atomic E-state index is 0.00340. The van der Waals surface area contributed by atoms with Gasteiger partial charge in [0.2, 0.25) is 0 Å². The van der Waals surface area contributed by atoms with Crippen molar-refractivity contribution in [2.75, 3.05) is 11.1 Å². The van der Waals surface area contributed by atoms with Crippen LogP contribution in [0.4, 0.5) is 14.5 Å². The molecule has 1 aliphatic heterocycles. The van der Waals surface area contributed by atoms with Gasteiger partial charge in [-0.1, -0.05) is 0 Å². The second-order valence-corrected chi connectivity index (χ2v) is 11.5. The van der Waals surface area contributed by atoms with Crippen molar-refractivity contribution in [1.82, 2.24) is 9.55 Å². The molecule has 5 N–H and O–H groups in total. The summed E-state index contributed by atoms with van der Waals surface area (Å²) in [6, 6.07) is 2.65. The first-order valence-electron chi connectivity index (χ1n) is 10.1. The number of anilines is 1. The topological polar surface area (TPSA) is 152 Å². The number of amides is 1. The van der Waals surface area contributed by atoms with E-state index in [-0.39, 0.29) is 34.3 Å². The molecule has 0 saturated heterocycles. The van der Waals surface area contributed by atoms with Crippen LogP contribution < -0.4 is 21.3 Å². The number of pyridine rings is 2. The number of nitrogens with one attached hydrogen (secondary N) is 1. The molecule has 186 valence electrons. The largest absolute Gasteiger partial charge is 0.433 e. The van der Waals surface area contributed by atoms with Gasteiger partial charge in [0.05, 0.1) is 17.6 Å². The highest BCUT2D eigenvalue weighted by molar-refractivity contribution is 8.26. The SMILES string of the molecule is Cc1cc(OC(F)F)cnc1C(=O)Nc1cc(C2(C)CS(O)(O)C(C)(C)C(N)=N2)c(=O)n(C)c1. The third-order valence-electron chi connectivity index (χ3n) is 5.80. The summed E-state index contributed by atoms with van der Waals surface area (Å²) in [6.45, 7) is 3.20. The number of nitrogens with two attached hydrogens (primary N) is 1. The highest BCUT2D eigenvalue weighted by Gasteiger charge is 2.49. The summed E-state index contributed by atoms with van der Waals surface area (Å²) in [4.78, 5) is 34.1. The van der Waals surface area contributed by atoms with Crippen LogP contribution in [0.1, 0.15) is 42.4 Å². The number of hydrogen-bond donors (Lipinski definition) is 4. The number of aromatic nitrogens is 2. The summed E-state index contributed by atoms with van der Waals surface area (Å²) in [6.07, 6.45) is 2.39. The zero-order valence-corrected chi connectivity index (χ0v) is 20.1. The van der Waals surface area contributed by atoms with Gasteiger partial charge in [-0.05, 0) is 45.4 Å². The number of amidine groups is 1. The Balaban J connectivity index is 1.98. The fourth-order valence-corrected chi connectivity index (χ4v) is 5.37. The zero-order chi connectivity index (χ0) is 25.6. The molecule has 10 nitrogen and oxygen atoms in total. The van der Waals surface area contributed by atoms with Gasteiger partial charge in [0.1, 0.15) is 27.6 Å². The number of rotatable bonds is 5. The molecule has 34 heavy (non-hydrogen) atoms. The second kappa shape index (κ2) is 8.64. The number of nitrogens with zero attached hydrogens (tertiary/aromatic N) is 3. The van der Waals surface area contributed by atoms with Crippen LogP contribution in [0.15, 0.2) is 34.3 Å². The van der Waals surface area contributed by atoms with Gasteiger partial charge < -0.3 is 20.4 Å². The van der Waals surface area contributed by atoms with Crippen molar-refractivity contribution in [3.63, 3.8) is 0 Å². The Hall–Kier alpha value is -3.03. The van der Waals surface area contributed by atoms with Crippen LogP contribution in [0.25, 0.3) is 0 Å². The monoisotopic (exact) mass is 499 g/mol. The van der Waals surface area contributed by atoms with Crippen LogP contribution in [0, 0.1) is 6.92 Å². The van der Waals surface area contributed by atoms with E-state index in [9.17, 15) is 27.5 Å². The summed E-state index contributed by atoms with van der Waals surface area (Å²) in [5.41, 5.74) is 4.84. The van der Waals surface area contributed by atoms with Crippen molar-refractivity contribution in [3.05, 3.63) is 51.7 Å². The maximum atomic E-state index is 12.9. The first-order valence-corrected chi connectivity index (χ1v) is 11.8. The highest BCUT2D eigenvalue weighted by Crippen LogP contribution is 2.58. The number of hydrogen-bond acceptors (Lipinski definition) is 8. The Labute approximate surface area is 196 Å².